The van der Waals surface area contributed by atoms with Crippen molar-refractivity contribution in [2.24, 2.45) is 23.7 Å². The van der Waals surface area contributed by atoms with Gasteiger partial charge in [0.1, 0.15) is 0 Å². The molecule has 92 valence electrons. The lowest BCUT2D eigenvalue weighted by Crippen LogP contribution is -2.00. The van der Waals surface area contributed by atoms with Gasteiger partial charge in [0.2, 0.25) is 0 Å². The summed E-state index contributed by atoms with van der Waals surface area (Å²) in [5.74, 6) is 3.06. The standard InChI is InChI=1S/C16H28/c1-7-15-14(6)16(15)10-13(5)12(4)9-8-11(2)3/h10-12,15-16H,6-9H2,1-5H3. The molecule has 0 aromatic carbocycles. The SMILES string of the molecule is C=C1C(C=C(C)C(C)CCC(C)C)C1CC. The zero-order valence-electron chi connectivity index (χ0n) is 11.7. The topological polar surface area (TPSA) is 0 Å². The summed E-state index contributed by atoms with van der Waals surface area (Å²) in [6, 6.07) is 0. The number of rotatable bonds is 6. The molecule has 0 radical (unpaired) electrons. The van der Waals surface area contributed by atoms with Crippen LogP contribution in [0.5, 0.6) is 0 Å². The van der Waals surface area contributed by atoms with Crippen molar-refractivity contribution in [1.82, 2.24) is 0 Å². The zero-order chi connectivity index (χ0) is 12.3. The van der Waals surface area contributed by atoms with Crippen LogP contribution < -0.4 is 0 Å². The van der Waals surface area contributed by atoms with Crippen LogP contribution >= 0.6 is 0 Å². The largest absolute Gasteiger partial charge is 0.0989 e. The van der Waals surface area contributed by atoms with Gasteiger partial charge in [-0.1, -0.05) is 57.9 Å². The third-order valence-corrected chi connectivity index (χ3v) is 4.07. The summed E-state index contributed by atoms with van der Waals surface area (Å²) in [5, 5.41) is 0. The minimum Gasteiger partial charge on any atom is -0.0989 e. The second kappa shape index (κ2) is 5.70. The summed E-state index contributed by atoms with van der Waals surface area (Å²) < 4.78 is 0. The minimum absolute atomic E-state index is 0.700. The summed E-state index contributed by atoms with van der Waals surface area (Å²) in [4.78, 5) is 0. The fraction of sp³-hybridized carbons (Fsp3) is 0.750. The highest BCUT2D eigenvalue weighted by Crippen LogP contribution is 2.48. The number of hydrogen-bond donors (Lipinski definition) is 0. The number of hydrogen-bond acceptors (Lipinski definition) is 0. The lowest BCUT2D eigenvalue weighted by atomic mass is 9.92. The second-order valence-electron chi connectivity index (χ2n) is 5.90. The van der Waals surface area contributed by atoms with Gasteiger partial charge >= 0.3 is 0 Å². The van der Waals surface area contributed by atoms with Crippen molar-refractivity contribution < 1.29 is 0 Å². The van der Waals surface area contributed by atoms with Crippen LogP contribution in [0.3, 0.4) is 0 Å². The van der Waals surface area contributed by atoms with Gasteiger partial charge in [-0.3, -0.25) is 0 Å². The van der Waals surface area contributed by atoms with E-state index in [1.807, 2.05) is 0 Å². The maximum absolute atomic E-state index is 4.14. The molecule has 0 heteroatoms. The third kappa shape index (κ3) is 3.50. The fourth-order valence-corrected chi connectivity index (χ4v) is 2.40. The highest BCUT2D eigenvalue weighted by molar-refractivity contribution is 5.33. The van der Waals surface area contributed by atoms with E-state index < -0.39 is 0 Å². The van der Waals surface area contributed by atoms with E-state index in [1.54, 1.807) is 5.57 Å². The van der Waals surface area contributed by atoms with E-state index in [1.165, 1.54) is 24.8 Å². The Labute approximate surface area is 102 Å². The highest BCUT2D eigenvalue weighted by atomic mass is 14.4. The van der Waals surface area contributed by atoms with Crippen LogP contribution in [0.15, 0.2) is 23.8 Å². The first-order valence-electron chi connectivity index (χ1n) is 6.84. The molecule has 1 aliphatic rings. The Hall–Kier alpha value is -0.520. The molecule has 16 heavy (non-hydrogen) atoms. The van der Waals surface area contributed by atoms with Crippen LogP contribution in [-0.4, -0.2) is 0 Å². The molecule has 1 saturated carbocycles. The molecule has 0 heterocycles. The van der Waals surface area contributed by atoms with Crippen LogP contribution in [0, 0.1) is 23.7 Å². The van der Waals surface area contributed by atoms with Crippen LogP contribution in [0.2, 0.25) is 0 Å². The molecule has 1 fully saturated rings. The van der Waals surface area contributed by atoms with Crippen molar-refractivity contribution in [3.8, 4) is 0 Å². The molecule has 1 aliphatic carbocycles. The van der Waals surface area contributed by atoms with E-state index in [9.17, 15) is 0 Å². The van der Waals surface area contributed by atoms with E-state index >= 15 is 0 Å². The van der Waals surface area contributed by atoms with Gasteiger partial charge in [0.15, 0.2) is 0 Å². The van der Waals surface area contributed by atoms with Crippen LogP contribution in [0.25, 0.3) is 0 Å². The zero-order valence-corrected chi connectivity index (χ0v) is 11.7. The number of allylic oxidation sites excluding steroid dienone is 3. The molecule has 0 saturated heterocycles. The van der Waals surface area contributed by atoms with Crippen molar-refractivity contribution in [2.75, 3.05) is 0 Å². The highest BCUT2D eigenvalue weighted by Gasteiger charge is 2.38. The van der Waals surface area contributed by atoms with Crippen molar-refractivity contribution >= 4 is 0 Å². The van der Waals surface area contributed by atoms with E-state index in [-0.39, 0.29) is 0 Å². The molecule has 0 aromatic rings. The Morgan fingerprint density at radius 3 is 2.38 bits per heavy atom. The molecule has 0 aliphatic heterocycles. The summed E-state index contributed by atoms with van der Waals surface area (Å²) >= 11 is 0. The van der Waals surface area contributed by atoms with E-state index in [0.29, 0.717) is 5.92 Å². The van der Waals surface area contributed by atoms with E-state index in [4.69, 9.17) is 0 Å². The van der Waals surface area contributed by atoms with Gasteiger partial charge in [0.05, 0.1) is 0 Å². The predicted octanol–water partition coefficient (Wildman–Crippen LogP) is 5.22. The first kappa shape index (κ1) is 13.5. The lowest BCUT2D eigenvalue weighted by molar-refractivity contribution is 0.488. The van der Waals surface area contributed by atoms with Gasteiger partial charge in [0.25, 0.3) is 0 Å². The quantitative estimate of drug-likeness (QED) is 0.538. The minimum atomic E-state index is 0.700. The monoisotopic (exact) mass is 220 g/mol. The smallest absolute Gasteiger partial charge is 0.00454 e. The van der Waals surface area contributed by atoms with E-state index in [0.717, 1.165) is 17.8 Å². The Morgan fingerprint density at radius 2 is 1.94 bits per heavy atom. The predicted molar refractivity (Wildman–Crippen MR) is 73.4 cm³/mol. The Kier molecular flexibility index (Phi) is 4.83. The van der Waals surface area contributed by atoms with Gasteiger partial charge in [-0.25, -0.2) is 0 Å². The van der Waals surface area contributed by atoms with E-state index in [2.05, 4.69) is 47.3 Å². The first-order valence-corrected chi connectivity index (χ1v) is 6.84. The fourth-order valence-electron chi connectivity index (χ4n) is 2.40. The van der Waals surface area contributed by atoms with Crippen LogP contribution in [0.1, 0.15) is 53.9 Å². The maximum Gasteiger partial charge on any atom is 0.00454 e. The molecule has 0 aromatic heterocycles. The molecule has 3 unspecified atom stereocenters. The van der Waals surface area contributed by atoms with Gasteiger partial charge < -0.3 is 0 Å². The van der Waals surface area contributed by atoms with Gasteiger partial charge in [-0.2, -0.15) is 0 Å². The van der Waals surface area contributed by atoms with Crippen LogP contribution in [-0.2, 0) is 0 Å². The normalized spacial score (nSPS) is 27.4. The molecule has 0 N–H and O–H groups in total. The Morgan fingerprint density at radius 1 is 1.31 bits per heavy atom. The molecule has 1 rings (SSSR count). The average molecular weight is 220 g/mol. The molecular formula is C16H28. The lowest BCUT2D eigenvalue weighted by Gasteiger charge is -2.13. The van der Waals surface area contributed by atoms with Crippen molar-refractivity contribution in [3.63, 3.8) is 0 Å². The molecule has 3 atom stereocenters. The first-order chi connectivity index (χ1) is 7.47. The average Bonchev–Trinajstić information content (AvgIpc) is 2.84. The molecule has 0 bridgehead atoms. The summed E-state index contributed by atoms with van der Waals surface area (Å²) in [5.41, 5.74) is 3.03. The molecule has 0 amide bonds. The Bertz CT molecular complexity index is 270. The summed E-state index contributed by atoms with van der Waals surface area (Å²) in [7, 11) is 0. The summed E-state index contributed by atoms with van der Waals surface area (Å²) in [6.07, 6.45) is 6.40. The van der Waals surface area contributed by atoms with Crippen molar-refractivity contribution in [2.45, 2.75) is 53.9 Å². The van der Waals surface area contributed by atoms with Gasteiger partial charge in [-0.05, 0) is 37.5 Å². The van der Waals surface area contributed by atoms with Gasteiger partial charge in [-0.15, -0.1) is 0 Å². The third-order valence-electron chi connectivity index (χ3n) is 4.07. The Balaban J connectivity index is 2.42. The van der Waals surface area contributed by atoms with Gasteiger partial charge in [0, 0.05) is 5.92 Å². The molecule has 0 spiro atoms. The van der Waals surface area contributed by atoms with Crippen molar-refractivity contribution in [3.05, 3.63) is 23.8 Å². The molecule has 0 nitrogen and oxygen atoms in total. The summed E-state index contributed by atoms with van der Waals surface area (Å²) in [6.45, 7) is 15.7. The van der Waals surface area contributed by atoms with Crippen molar-refractivity contribution in [1.29, 1.82) is 0 Å². The second-order valence-corrected chi connectivity index (χ2v) is 5.90. The molecular weight excluding hydrogens is 192 g/mol. The van der Waals surface area contributed by atoms with Crippen LogP contribution in [0.4, 0.5) is 0 Å². The maximum atomic E-state index is 4.14.